The van der Waals surface area contributed by atoms with Crippen LogP contribution in [0.1, 0.15) is 16.6 Å². The zero-order valence-corrected chi connectivity index (χ0v) is 19.8. The number of aromatic carboxylic acids is 1. The molecule has 3 aromatic heterocycles. The Hall–Kier alpha value is -4.00. The second kappa shape index (κ2) is 9.70. The van der Waals surface area contributed by atoms with Crippen molar-refractivity contribution in [3.05, 3.63) is 51.5 Å². The van der Waals surface area contributed by atoms with Crippen LogP contribution in [0.4, 0.5) is 14.6 Å². The number of hydrogen-bond acceptors (Lipinski definition) is 8. The maximum Gasteiger partial charge on any atom is 0.349 e. The van der Waals surface area contributed by atoms with Gasteiger partial charge in [-0.2, -0.15) is 0 Å². The number of carboxylic acids is 1. The average molecular weight is 506 g/mol. The van der Waals surface area contributed by atoms with E-state index < -0.39 is 23.3 Å². The van der Waals surface area contributed by atoms with Crippen molar-refractivity contribution in [1.82, 2.24) is 19.1 Å². The normalized spacial score (nSPS) is 11.1. The van der Waals surface area contributed by atoms with Crippen molar-refractivity contribution in [3.8, 4) is 22.1 Å². The number of aromatic nitrogens is 4. The van der Waals surface area contributed by atoms with Crippen molar-refractivity contribution in [2.24, 2.45) is 7.05 Å². The summed E-state index contributed by atoms with van der Waals surface area (Å²) < 4.78 is 41.5. The van der Waals surface area contributed by atoms with E-state index in [1.165, 1.54) is 25.1 Å². The molecule has 0 bridgehead atoms. The first-order valence-corrected chi connectivity index (χ1v) is 11.3. The predicted octanol–water partition coefficient (Wildman–Crippen LogP) is 3.35. The van der Waals surface area contributed by atoms with E-state index in [-0.39, 0.29) is 40.5 Å². The third-order valence-corrected chi connectivity index (χ3v) is 6.36. The minimum atomic E-state index is -1.14. The maximum atomic E-state index is 14.6. The van der Waals surface area contributed by atoms with Gasteiger partial charge < -0.3 is 19.9 Å². The lowest BCUT2D eigenvalue weighted by Crippen LogP contribution is -2.25. The molecule has 4 aromatic rings. The van der Waals surface area contributed by atoms with E-state index in [1.54, 1.807) is 19.1 Å². The fraction of sp³-hybridized carbons (Fsp3) is 0.273. The number of nitrogens with one attached hydrogen (secondary N) is 1. The number of nitrogens with zero attached hydrogens (tertiary/aromatic N) is 4. The van der Waals surface area contributed by atoms with Gasteiger partial charge in [0.1, 0.15) is 34.7 Å². The first kappa shape index (κ1) is 24.1. The zero-order chi connectivity index (χ0) is 25.3. The summed E-state index contributed by atoms with van der Waals surface area (Å²) in [5.74, 6) is -2.65. The van der Waals surface area contributed by atoms with Gasteiger partial charge in [-0.15, -0.1) is 11.3 Å². The quantitative estimate of drug-likeness (QED) is 0.355. The molecule has 184 valence electrons. The minimum absolute atomic E-state index is 0.00961. The predicted molar refractivity (Wildman–Crippen MR) is 126 cm³/mol. The van der Waals surface area contributed by atoms with Crippen molar-refractivity contribution in [2.45, 2.75) is 13.5 Å². The number of rotatable bonds is 9. The highest BCUT2D eigenvalue weighted by molar-refractivity contribution is 7.17. The number of methoxy groups -OCH3 is 1. The highest BCUT2D eigenvalue weighted by Gasteiger charge is 2.22. The summed E-state index contributed by atoms with van der Waals surface area (Å²) in [6, 6.07) is 4.12. The molecule has 0 atom stereocenters. The molecule has 0 saturated heterocycles. The summed E-state index contributed by atoms with van der Waals surface area (Å²) in [4.78, 5) is 33.2. The van der Waals surface area contributed by atoms with Crippen molar-refractivity contribution >= 4 is 34.2 Å². The zero-order valence-electron chi connectivity index (χ0n) is 19.0. The number of ether oxygens (including phenoxy) is 2. The Morgan fingerprint density at radius 3 is 2.66 bits per heavy atom. The number of aryl methyl sites for hydroxylation is 1. The van der Waals surface area contributed by atoms with Crippen LogP contribution in [0.25, 0.3) is 21.6 Å². The van der Waals surface area contributed by atoms with Gasteiger partial charge in [0, 0.05) is 38.3 Å². The fourth-order valence-corrected chi connectivity index (χ4v) is 4.59. The van der Waals surface area contributed by atoms with Crippen LogP contribution in [-0.4, -0.2) is 50.4 Å². The van der Waals surface area contributed by atoms with Gasteiger partial charge in [-0.25, -0.2) is 28.3 Å². The van der Waals surface area contributed by atoms with Crippen molar-refractivity contribution < 1.29 is 28.2 Å². The SMILES string of the molecule is CCOc1cc(-c2cc(NCCn3c(=O)n(C)c4c(OC)cc(F)c(F)c43)ncn2)sc1C(=O)O. The molecule has 1 aromatic carbocycles. The Morgan fingerprint density at radius 1 is 1.20 bits per heavy atom. The molecule has 0 fully saturated rings. The molecule has 0 aliphatic rings. The molecule has 3 heterocycles. The van der Waals surface area contributed by atoms with Crippen LogP contribution in [-0.2, 0) is 13.6 Å². The molecule has 0 amide bonds. The van der Waals surface area contributed by atoms with Gasteiger partial charge in [0.2, 0.25) is 0 Å². The summed E-state index contributed by atoms with van der Waals surface area (Å²) in [6.07, 6.45) is 1.31. The lowest BCUT2D eigenvalue weighted by Gasteiger charge is -2.09. The van der Waals surface area contributed by atoms with E-state index in [0.29, 0.717) is 23.0 Å². The Bertz CT molecular complexity index is 1480. The molecule has 0 aliphatic carbocycles. The molecule has 10 nitrogen and oxygen atoms in total. The molecule has 0 saturated carbocycles. The number of halogens is 2. The molecular weight excluding hydrogens is 484 g/mol. The molecule has 35 heavy (non-hydrogen) atoms. The lowest BCUT2D eigenvalue weighted by atomic mass is 10.2. The number of carbonyl (C=O) groups is 1. The van der Waals surface area contributed by atoms with E-state index in [0.717, 1.165) is 22.0 Å². The Kier molecular flexibility index (Phi) is 6.69. The van der Waals surface area contributed by atoms with Crippen LogP contribution in [0.3, 0.4) is 0 Å². The highest BCUT2D eigenvalue weighted by Crippen LogP contribution is 2.36. The average Bonchev–Trinajstić information content (AvgIpc) is 3.37. The molecular formula is C22H21F2N5O5S. The van der Waals surface area contributed by atoms with Gasteiger partial charge in [-0.3, -0.25) is 9.13 Å². The molecule has 0 unspecified atom stereocenters. The summed E-state index contributed by atoms with van der Waals surface area (Å²) in [6.45, 7) is 2.24. The van der Waals surface area contributed by atoms with Gasteiger partial charge in [0.15, 0.2) is 16.5 Å². The van der Waals surface area contributed by atoms with Crippen LogP contribution >= 0.6 is 11.3 Å². The summed E-state index contributed by atoms with van der Waals surface area (Å²) in [7, 11) is 2.76. The summed E-state index contributed by atoms with van der Waals surface area (Å²) in [5, 5.41) is 12.4. The lowest BCUT2D eigenvalue weighted by molar-refractivity contribution is 0.0698. The Labute approximate surface area is 201 Å². The first-order chi connectivity index (χ1) is 16.8. The molecule has 0 radical (unpaired) electrons. The summed E-state index contributed by atoms with van der Waals surface area (Å²) >= 11 is 1.02. The molecule has 13 heteroatoms. The number of hydrogen-bond donors (Lipinski definition) is 2. The van der Waals surface area contributed by atoms with E-state index in [9.17, 15) is 23.5 Å². The number of thiophene rings is 1. The van der Waals surface area contributed by atoms with Crippen molar-refractivity contribution in [2.75, 3.05) is 25.6 Å². The minimum Gasteiger partial charge on any atom is -0.494 e. The third kappa shape index (κ3) is 4.41. The van der Waals surface area contributed by atoms with Crippen LogP contribution in [0, 0.1) is 11.6 Å². The van der Waals surface area contributed by atoms with Gasteiger partial charge in [0.05, 0.1) is 24.3 Å². The largest absolute Gasteiger partial charge is 0.494 e. The number of benzene rings is 1. The van der Waals surface area contributed by atoms with Crippen LogP contribution in [0.5, 0.6) is 11.5 Å². The smallest absolute Gasteiger partial charge is 0.349 e. The van der Waals surface area contributed by atoms with Gasteiger partial charge in [-0.1, -0.05) is 0 Å². The second-order valence-electron chi connectivity index (χ2n) is 7.32. The van der Waals surface area contributed by atoms with Crippen LogP contribution in [0.15, 0.2) is 29.3 Å². The van der Waals surface area contributed by atoms with Gasteiger partial charge in [-0.05, 0) is 6.92 Å². The summed E-state index contributed by atoms with van der Waals surface area (Å²) in [5.41, 5.74) is -0.0992. The number of imidazole rings is 1. The van der Waals surface area contributed by atoms with Gasteiger partial charge >= 0.3 is 11.7 Å². The molecule has 2 N–H and O–H groups in total. The van der Waals surface area contributed by atoms with Crippen molar-refractivity contribution in [1.29, 1.82) is 0 Å². The topological polar surface area (TPSA) is 121 Å². The first-order valence-electron chi connectivity index (χ1n) is 10.4. The number of anilines is 1. The van der Waals surface area contributed by atoms with Crippen LogP contribution in [0.2, 0.25) is 0 Å². The Balaban J connectivity index is 1.58. The Morgan fingerprint density at radius 2 is 1.97 bits per heavy atom. The van der Waals surface area contributed by atoms with E-state index in [2.05, 4.69) is 15.3 Å². The highest BCUT2D eigenvalue weighted by atomic mass is 32.1. The molecule has 4 rings (SSSR count). The van der Waals surface area contributed by atoms with Crippen LogP contribution < -0.4 is 20.5 Å². The monoisotopic (exact) mass is 505 g/mol. The standard InChI is InChI=1S/C22H21F2N5O5S/c1-4-34-14-9-15(35-20(14)21(30)31)12-8-16(27-10-26-12)25-5-6-29-19-17(24)11(23)7-13(33-3)18(19)28(2)22(29)32/h7-10H,4-6H2,1-3H3,(H,30,31)(H,25,26,27). The van der Waals surface area contributed by atoms with E-state index in [1.807, 2.05) is 0 Å². The fourth-order valence-electron chi connectivity index (χ4n) is 3.68. The molecule has 0 aliphatic heterocycles. The molecule has 0 spiro atoms. The third-order valence-electron chi connectivity index (χ3n) is 5.23. The second-order valence-corrected chi connectivity index (χ2v) is 8.37. The maximum absolute atomic E-state index is 14.6. The van der Waals surface area contributed by atoms with E-state index in [4.69, 9.17) is 9.47 Å². The van der Waals surface area contributed by atoms with Gasteiger partial charge in [0.25, 0.3) is 0 Å². The number of carboxylic acid groups (broad SMARTS) is 1. The van der Waals surface area contributed by atoms with Crippen molar-refractivity contribution in [3.63, 3.8) is 0 Å². The van der Waals surface area contributed by atoms with E-state index >= 15 is 0 Å². The number of fused-ring (bicyclic) bond motifs is 1.